The zero-order chi connectivity index (χ0) is 17.4. The van der Waals surface area contributed by atoms with Gasteiger partial charge >= 0.3 is 12.6 Å². The predicted octanol–water partition coefficient (Wildman–Crippen LogP) is 2.76. The lowest BCUT2D eigenvalue weighted by molar-refractivity contribution is -0.124. The second-order valence-corrected chi connectivity index (χ2v) is 4.71. The van der Waals surface area contributed by atoms with Crippen LogP contribution in [0.4, 0.5) is 8.78 Å². The molecular weight excluding hydrogens is 320 g/mol. The number of benzene rings is 2. The quantitative estimate of drug-likeness (QED) is 0.790. The average molecular weight is 335 g/mol. The standard InChI is InChI=1S/C17H15F2NO4/c18-17(19)24-14-9-5-4-8-13(14)16(22)23-11-15(21)20-10-12-6-2-1-3-7-12/h1-9,17H,10-11H2,(H,20,21). The van der Waals surface area contributed by atoms with Crippen LogP contribution in [0.15, 0.2) is 54.6 Å². The predicted molar refractivity (Wildman–Crippen MR) is 81.6 cm³/mol. The summed E-state index contributed by atoms with van der Waals surface area (Å²) in [5.74, 6) is -1.72. The highest BCUT2D eigenvalue weighted by Gasteiger charge is 2.17. The molecule has 126 valence electrons. The lowest BCUT2D eigenvalue weighted by atomic mass is 10.2. The summed E-state index contributed by atoms with van der Waals surface area (Å²) in [6.45, 7) is -3.29. The molecule has 0 heterocycles. The zero-order valence-electron chi connectivity index (χ0n) is 12.6. The van der Waals surface area contributed by atoms with Gasteiger partial charge in [0.25, 0.3) is 5.91 Å². The summed E-state index contributed by atoms with van der Waals surface area (Å²) in [5, 5.41) is 2.59. The van der Waals surface area contributed by atoms with Crippen molar-refractivity contribution in [3.63, 3.8) is 0 Å². The van der Waals surface area contributed by atoms with Gasteiger partial charge in [-0.05, 0) is 17.7 Å². The Balaban J connectivity index is 1.85. The topological polar surface area (TPSA) is 64.6 Å². The minimum Gasteiger partial charge on any atom is -0.452 e. The van der Waals surface area contributed by atoms with E-state index >= 15 is 0 Å². The van der Waals surface area contributed by atoms with Crippen LogP contribution in [0.1, 0.15) is 15.9 Å². The van der Waals surface area contributed by atoms with Crippen molar-refractivity contribution in [2.75, 3.05) is 6.61 Å². The van der Waals surface area contributed by atoms with E-state index in [-0.39, 0.29) is 11.3 Å². The van der Waals surface area contributed by atoms with Crippen molar-refractivity contribution in [2.24, 2.45) is 0 Å². The molecule has 2 aromatic carbocycles. The second kappa shape index (κ2) is 8.61. The Hall–Kier alpha value is -2.96. The Morgan fingerprint density at radius 1 is 1.00 bits per heavy atom. The monoisotopic (exact) mass is 335 g/mol. The smallest absolute Gasteiger partial charge is 0.387 e. The van der Waals surface area contributed by atoms with Crippen molar-refractivity contribution < 1.29 is 27.8 Å². The van der Waals surface area contributed by atoms with Gasteiger partial charge in [-0.1, -0.05) is 42.5 Å². The largest absolute Gasteiger partial charge is 0.452 e. The number of hydrogen-bond acceptors (Lipinski definition) is 4. The maximum absolute atomic E-state index is 12.3. The highest BCUT2D eigenvalue weighted by Crippen LogP contribution is 2.20. The van der Waals surface area contributed by atoms with Crippen molar-refractivity contribution in [3.05, 3.63) is 65.7 Å². The van der Waals surface area contributed by atoms with Gasteiger partial charge in [0.05, 0.1) is 0 Å². The maximum Gasteiger partial charge on any atom is 0.387 e. The number of carbonyl (C=O) groups is 2. The van der Waals surface area contributed by atoms with E-state index in [0.717, 1.165) is 5.56 Å². The van der Waals surface area contributed by atoms with Crippen molar-refractivity contribution in [1.82, 2.24) is 5.32 Å². The Bertz CT molecular complexity index is 692. The number of carbonyl (C=O) groups excluding carboxylic acids is 2. The van der Waals surface area contributed by atoms with E-state index < -0.39 is 25.1 Å². The number of rotatable bonds is 7. The highest BCUT2D eigenvalue weighted by atomic mass is 19.3. The minimum absolute atomic E-state index is 0.173. The summed E-state index contributed by atoms with van der Waals surface area (Å²) < 4.78 is 33.7. The fourth-order valence-electron chi connectivity index (χ4n) is 1.89. The van der Waals surface area contributed by atoms with E-state index in [1.807, 2.05) is 30.3 Å². The van der Waals surface area contributed by atoms with Crippen molar-refractivity contribution >= 4 is 11.9 Å². The molecule has 0 spiro atoms. The van der Waals surface area contributed by atoms with Gasteiger partial charge in [0.2, 0.25) is 0 Å². The molecule has 0 atom stereocenters. The van der Waals surface area contributed by atoms with Gasteiger partial charge in [0.15, 0.2) is 6.61 Å². The summed E-state index contributed by atoms with van der Waals surface area (Å²) in [6.07, 6.45) is 0. The molecule has 0 unspecified atom stereocenters. The number of ether oxygens (including phenoxy) is 2. The Morgan fingerprint density at radius 3 is 2.38 bits per heavy atom. The minimum atomic E-state index is -3.06. The van der Waals surface area contributed by atoms with E-state index in [1.165, 1.54) is 24.3 Å². The van der Waals surface area contributed by atoms with Crippen LogP contribution in [0.3, 0.4) is 0 Å². The van der Waals surface area contributed by atoms with Crippen LogP contribution in [0, 0.1) is 0 Å². The van der Waals surface area contributed by atoms with Crippen LogP contribution in [0.2, 0.25) is 0 Å². The molecule has 7 heteroatoms. The molecule has 5 nitrogen and oxygen atoms in total. The molecule has 2 aromatic rings. The summed E-state index contributed by atoms with van der Waals surface area (Å²) >= 11 is 0. The molecule has 0 fully saturated rings. The molecule has 2 rings (SSSR count). The van der Waals surface area contributed by atoms with Gasteiger partial charge in [-0.25, -0.2) is 4.79 Å². The molecule has 0 aliphatic carbocycles. The van der Waals surface area contributed by atoms with Crippen LogP contribution >= 0.6 is 0 Å². The van der Waals surface area contributed by atoms with Gasteiger partial charge in [-0.15, -0.1) is 0 Å². The van der Waals surface area contributed by atoms with Gasteiger partial charge in [0, 0.05) is 6.54 Å². The van der Waals surface area contributed by atoms with Crippen molar-refractivity contribution in [1.29, 1.82) is 0 Å². The van der Waals surface area contributed by atoms with Crippen LogP contribution in [-0.2, 0) is 16.1 Å². The number of halogens is 2. The van der Waals surface area contributed by atoms with E-state index in [0.29, 0.717) is 6.54 Å². The summed E-state index contributed by atoms with van der Waals surface area (Å²) in [4.78, 5) is 23.6. The number of alkyl halides is 2. The molecule has 24 heavy (non-hydrogen) atoms. The molecular formula is C17H15F2NO4. The number of hydrogen-bond donors (Lipinski definition) is 1. The molecule has 0 saturated heterocycles. The first-order valence-corrected chi connectivity index (χ1v) is 7.08. The summed E-state index contributed by atoms with van der Waals surface area (Å²) in [7, 11) is 0. The molecule has 0 aliphatic rings. The Labute approximate surface area is 137 Å². The average Bonchev–Trinajstić information content (AvgIpc) is 2.58. The molecule has 1 N–H and O–H groups in total. The Morgan fingerprint density at radius 2 is 1.67 bits per heavy atom. The molecule has 0 aromatic heterocycles. The second-order valence-electron chi connectivity index (χ2n) is 4.71. The Kier molecular flexibility index (Phi) is 6.24. The van der Waals surface area contributed by atoms with Gasteiger partial charge < -0.3 is 14.8 Å². The van der Waals surface area contributed by atoms with Crippen LogP contribution in [0.25, 0.3) is 0 Å². The highest BCUT2D eigenvalue weighted by molar-refractivity contribution is 5.93. The third-order valence-corrected chi connectivity index (χ3v) is 2.99. The summed E-state index contributed by atoms with van der Waals surface area (Å²) in [6, 6.07) is 14.6. The van der Waals surface area contributed by atoms with Crippen LogP contribution in [0.5, 0.6) is 5.75 Å². The fraction of sp³-hybridized carbons (Fsp3) is 0.176. The molecule has 0 bridgehead atoms. The van der Waals surface area contributed by atoms with Crippen molar-refractivity contribution in [2.45, 2.75) is 13.2 Å². The van der Waals surface area contributed by atoms with Gasteiger partial charge in [-0.3, -0.25) is 4.79 Å². The van der Waals surface area contributed by atoms with Gasteiger partial charge in [0.1, 0.15) is 11.3 Å². The van der Waals surface area contributed by atoms with Crippen LogP contribution in [-0.4, -0.2) is 25.1 Å². The number of esters is 1. The normalized spacial score (nSPS) is 10.3. The van der Waals surface area contributed by atoms with E-state index in [1.54, 1.807) is 0 Å². The third kappa shape index (κ3) is 5.35. The lowest BCUT2D eigenvalue weighted by Gasteiger charge is -2.10. The maximum atomic E-state index is 12.3. The third-order valence-electron chi connectivity index (χ3n) is 2.99. The summed E-state index contributed by atoms with van der Waals surface area (Å²) in [5.41, 5.74) is 0.724. The van der Waals surface area contributed by atoms with E-state index in [9.17, 15) is 18.4 Å². The van der Waals surface area contributed by atoms with E-state index in [2.05, 4.69) is 10.1 Å². The first kappa shape index (κ1) is 17.4. The number of amides is 1. The first-order chi connectivity index (χ1) is 11.6. The fourth-order valence-corrected chi connectivity index (χ4v) is 1.89. The molecule has 0 radical (unpaired) electrons. The van der Waals surface area contributed by atoms with Gasteiger partial charge in [-0.2, -0.15) is 8.78 Å². The first-order valence-electron chi connectivity index (χ1n) is 7.08. The number of para-hydroxylation sites is 1. The lowest BCUT2D eigenvalue weighted by Crippen LogP contribution is -2.28. The van der Waals surface area contributed by atoms with Crippen LogP contribution < -0.4 is 10.1 Å². The SMILES string of the molecule is O=C(COC(=O)c1ccccc1OC(F)F)NCc1ccccc1. The van der Waals surface area contributed by atoms with Crippen molar-refractivity contribution in [3.8, 4) is 5.75 Å². The molecule has 1 amide bonds. The number of nitrogens with one attached hydrogen (secondary N) is 1. The molecule has 0 aliphatic heterocycles. The molecule has 0 saturated carbocycles. The van der Waals surface area contributed by atoms with E-state index in [4.69, 9.17) is 4.74 Å². The zero-order valence-corrected chi connectivity index (χ0v) is 12.6.